The van der Waals surface area contributed by atoms with Gasteiger partial charge in [-0.3, -0.25) is 9.80 Å². The topological polar surface area (TPSA) is 68.3 Å². The maximum Gasteiger partial charge on any atom is 0.416 e. The highest BCUT2D eigenvalue weighted by Crippen LogP contribution is 2.47. The molecular weight excluding hydrogens is 534 g/mol. The lowest BCUT2D eigenvalue weighted by atomic mass is 9.86. The summed E-state index contributed by atoms with van der Waals surface area (Å²) in [5.74, 6) is 0.514. The summed E-state index contributed by atoms with van der Waals surface area (Å²) >= 11 is 0. The molecule has 0 radical (unpaired) electrons. The first-order valence-electron chi connectivity index (χ1n) is 12.1. The van der Waals surface area contributed by atoms with Crippen molar-refractivity contribution in [3.05, 3.63) is 58.1 Å². The van der Waals surface area contributed by atoms with Gasteiger partial charge in [0.25, 0.3) is 0 Å². The van der Waals surface area contributed by atoms with Gasteiger partial charge in [-0.15, -0.1) is 0 Å². The number of alkyl halides is 6. The molecule has 2 heterocycles. The summed E-state index contributed by atoms with van der Waals surface area (Å²) < 4.78 is 96.8. The minimum Gasteiger partial charge on any atom is -0.493 e. The molecule has 0 saturated heterocycles. The van der Waals surface area contributed by atoms with Crippen molar-refractivity contribution in [2.45, 2.75) is 57.7 Å². The van der Waals surface area contributed by atoms with Crippen LogP contribution in [0.4, 0.5) is 41.6 Å². The Labute approximate surface area is 220 Å². The lowest BCUT2D eigenvalue weighted by molar-refractivity contribution is -0.143. The molecule has 212 valence electrons. The summed E-state index contributed by atoms with van der Waals surface area (Å²) in [5, 5.41) is 0. The normalized spacial score (nSPS) is 18.6. The van der Waals surface area contributed by atoms with Gasteiger partial charge in [0, 0.05) is 30.1 Å². The van der Waals surface area contributed by atoms with E-state index in [0.29, 0.717) is 47.7 Å². The smallest absolute Gasteiger partial charge is 0.416 e. The lowest BCUT2D eigenvalue weighted by Crippen LogP contribution is -2.48. The summed E-state index contributed by atoms with van der Waals surface area (Å²) in [6.45, 7) is 3.18. The Kier molecular flexibility index (Phi) is 7.63. The van der Waals surface area contributed by atoms with E-state index in [1.165, 1.54) is 4.90 Å². The second kappa shape index (κ2) is 10.5. The standard InChI is InChI=1S/C26H26F6N2O5/c1-4-38-24(36)34-14(2)9-20(22-18-7-8-39-21(18)6-5-19(22)34)33(23(35)37-3)13-15-10-16(25(27,28)29)12-17(11-15)26(30,31)32/h5-6,10-12,14,20H,4,7-9,13H2,1-3H3/t14-,20+/m0/s1. The second-order valence-electron chi connectivity index (χ2n) is 9.26. The SMILES string of the molecule is CCOC(=O)N1c2ccc3c(c2[C@H](N(Cc2cc(C(F)(F)F)cc(C(F)(F)F)c2)C(=O)OC)C[C@@H]1C)CCO3. The number of hydrogen-bond acceptors (Lipinski definition) is 5. The molecule has 2 atom stereocenters. The van der Waals surface area contributed by atoms with Crippen LogP contribution >= 0.6 is 0 Å². The summed E-state index contributed by atoms with van der Waals surface area (Å²) in [4.78, 5) is 28.4. The molecule has 13 heteroatoms. The maximum absolute atomic E-state index is 13.5. The van der Waals surface area contributed by atoms with E-state index in [1.807, 2.05) is 0 Å². The number of benzene rings is 2. The molecule has 0 aromatic heterocycles. The molecule has 7 nitrogen and oxygen atoms in total. The van der Waals surface area contributed by atoms with Crippen molar-refractivity contribution in [1.82, 2.24) is 4.90 Å². The summed E-state index contributed by atoms with van der Waals surface area (Å²) in [7, 11) is 1.07. The van der Waals surface area contributed by atoms with Gasteiger partial charge in [0.15, 0.2) is 0 Å². The van der Waals surface area contributed by atoms with E-state index >= 15 is 0 Å². The van der Waals surface area contributed by atoms with E-state index in [9.17, 15) is 35.9 Å². The summed E-state index contributed by atoms with van der Waals surface area (Å²) in [6, 6.07) is 3.11. The van der Waals surface area contributed by atoms with Gasteiger partial charge in [-0.25, -0.2) is 9.59 Å². The Morgan fingerprint density at radius 3 is 2.28 bits per heavy atom. The number of hydrogen-bond donors (Lipinski definition) is 0. The average molecular weight is 560 g/mol. The summed E-state index contributed by atoms with van der Waals surface area (Å²) in [5.41, 5.74) is -1.75. The van der Waals surface area contributed by atoms with Crippen LogP contribution in [0.15, 0.2) is 30.3 Å². The third-order valence-electron chi connectivity index (χ3n) is 6.75. The number of methoxy groups -OCH3 is 1. The van der Waals surface area contributed by atoms with Gasteiger partial charge in [0.2, 0.25) is 0 Å². The molecule has 0 spiro atoms. The van der Waals surface area contributed by atoms with Crippen LogP contribution in [0.5, 0.6) is 5.75 Å². The zero-order chi connectivity index (χ0) is 28.7. The highest BCUT2D eigenvalue weighted by molar-refractivity contribution is 5.91. The minimum atomic E-state index is -5.05. The predicted molar refractivity (Wildman–Crippen MR) is 126 cm³/mol. The average Bonchev–Trinajstić information content (AvgIpc) is 3.34. The Hall–Kier alpha value is -3.64. The monoisotopic (exact) mass is 560 g/mol. The number of halogens is 6. The van der Waals surface area contributed by atoms with E-state index in [2.05, 4.69) is 0 Å². The zero-order valence-corrected chi connectivity index (χ0v) is 21.3. The van der Waals surface area contributed by atoms with Crippen LogP contribution in [-0.4, -0.2) is 43.5 Å². The van der Waals surface area contributed by atoms with E-state index in [0.717, 1.165) is 12.0 Å². The first-order chi connectivity index (χ1) is 18.3. The molecule has 2 aromatic carbocycles. The fourth-order valence-corrected chi connectivity index (χ4v) is 5.14. The molecule has 0 N–H and O–H groups in total. The third-order valence-corrected chi connectivity index (χ3v) is 6.75. The fraction of sp³-hybridized carbons (Fsp3) is 0.462. The van der Waals surface area contributed by atoms with Crippen molar-refractivity contribution in [2.24, 2.45) is 0 Å². The minimum absolute atomic E-state index is 0.0331. The fourth-order valence-electron chi connectivity index (χ4n) is 5.14. The molecule has 2 aliphatic rings. The number of fused-ring (bicyclic) bond motifs is 3. The number of rotatable bonds is 4. The Bertz CT molecular complexity index is 1230. The van der Waals surface area contributed by atoms with Crippen molar-refractivity contribution in [3.63, 3.8) is 0 Å². The molecule has 0 unspecified atom stereocenters. The highest BCUT2D eigenvalue weighted by atomic mass is 19.4. The molecule has 0 bridgehead atoms. The maximum atomic E-state index is 13.5. The number of amides is 2. The number of carbonyl (C=O) groups excluding carboxylic acids is 2. The van der Waals surface area contributed by atoms with Crippen LogP contribution in [-0.2, 0) is 34.8 Å². The Morgan fingerprint density at radius 1 is 1.08 bits per heavy atom. The number of ether oxygens (including phenoxy) is 3. The van der Waals surface area contributed by atoms with Crippen LogP contribution in [0.2, 0.25) is 0 Å². The van der Waals surface area contributed by atoms with Gasteiger partial charge in [0.1, 0.15) is 5.75 Å². The zero-order valence-electron chi connectivity index (χ0n) is 21.3. The molecule has 4 rings (SSSR count). The largest absolute Gasteiger partial charge is 0.493 e. The molecule has 39 heavy (non-hydrogen) atoms. The van der Waals surface area contributed by atoms with Crippen molar-refractivity contribution in [3.8, 4) is 5.75 Å². The van der Waals surface area contributed by atoms with Crippen LogP contribution in [0.25, 0.3) is 0 Å². The molecular formula is C26H26F6N2O5. The second-order valence-corrected chi connectivity index (χ2v) is 9.26. The van der Waals surface area contributed by atoms with E-state index in [4.69, 9.17) is 14.2 Å². The van der Waals surface area contributed by atoms with E-state index < -0.39 is 54.3 Å². The van der Waals surface area contributed by atoms with Crippen molar-refractivity contribution >= 4 is 17.9 Å². The number of carbonyl (C=O) groups is 2. The molecule has 0 fully saturated rings. The number of nitrogens with zero attached hydrogens (tertiary/aromatic N) is 2. The molecule has 2 aliphatic heterocycles. The molecule has 0 saturated carbocycles. The Balaban J connectivity index is 1.85. The highest BCUT2D eigenvalue weighted by Gasteiger charge is 2.43. The first-order valence-corrected chi connectivity index (χ1v) is 12.1. The lowest BCUT2D eigenvalue weighted by Gasteiger charge is -2.43. The van der Waals surface area contributed by atoms with Crippen LogP contribution in [0.1, 0.15) is 54.1 Å². The quantitative estimate of drug-likeness (QED) is 0.388. The van der Waals surface area contributed by atoms with Crippen LogP contribution < -0.4 is 9.64 Å². The van der Waals surface area contributed by atoms with Gasteiger partial charge < -0.3 is 14.2 Å². The van der Waals surface area contributed by atoms with Gasteiger partial charge in [-0.05, 0) is 56.2 Å². The van der Waals surface area contributed by atoms with E-state index in [1.54, 1.807) is 26.0 Å². The van der Waals surface area contributed by atoms with Crippen molar-refractivity contribution < 1.29 is 50.1 Å². The number of anilines is 1. The van der Waals surface area contributed by atoms with Gasteiger partial charge >= 0.3 is 24.5 Å². The van der Waals surface area contributed by atoms with Crippen molar-refractivity contribution in [2.75, 3.05) is 25.2 Å². The van der Waals surface area contributed by atoms with Crippen LogP contribution in [0.3, 0.4) is 0 Å². The first kappa shape index (κ1) is 28.4. The molecule has 2 aromatic rings. The summed E-state index contributed by atoms with van der Waals surface area (Å²) in [6.07, 6.45) is -11.1. The van der Waals surface area contributed by atoms with Gasteiger partial charge in [-0.1, -0.05) is 0 Å². The van der Waals surface area contributed by atoms with Gasteiger partial charge in [0.05, 0.1) is 43.2 Å². The van der Waals surface area contributed by atoms with E-state index in [-0.39, 0.29) is 24.7 Å². The van der Waals surface area contributed by atoms with Crippen molar-refractivity contribution in [1.29, 1.82) is 0 Å². The predicted octanol–water partition coefficient (Wildman–Crippen LogP) is 6.72. The van der Waals surface area contributed by atoms with Gasteiger partial charge in [-0.2, -0.15) is 26.3 Å². The Morgan fingerprint density at radius 2 is 1.72 bits per heavy atom. The van der Waals surface area contributed by atoms with Crippen LogP contribution in [0, 0.1) is 0 Å². The molecule has 0 aliphatic carbocycles. The third kappa shape index (κ3) is 5.57. The molecule has 2 amide bonds.